The topological polar surface area (TPSA) is 103 Å². The van der Waals surface area contributed by atoms with E-state index in [4.69, 9.17) is 9.73 Å². The first-order valence-corrected chi connectivity index (χ1v) is 19.9. The monoisotopic (exact) mass is 669 g/mol. The van der Waals surface area contributed by atoms with Gasteiger partial charge in [-0.2, -0.15) is 0 Å². The van der Waals surface area contributed by atoms with E-state index in [0.29, 0.717) is 44.7 Å². The first-order chi connectivity index (χ1) is 22.2. The molecule has 3 aliphatic rings. The van der Waals surface area contributed by atoms with Gasteiger partial charge in [0, 0.05) is 46.4 Å². The van der Waals surface area contributed by atoms with Crippen LogP contribution < -0.4 is 10.0 Å². The van der Waals surface area contributed by atoms with E-state index < -0.39 is 15.7 Å². The number of piperazine rings is 1. The highest BCUT2D eigenvalue weighted by Crippen LogP contribution is 2.34. The third kappa shape index (κ3) is 9.58. The molecule has 1 saturated heterocycles. The van der Waals surface area contributed by atoms with Crippen molar-refractivity contribution in [2.24, 2.45) is 16.8 Å². The average molecular weight is 670 g/mol. The van der Waals surface area contributed by atoms with Gasteiger partial charge in [0.25, 0.3) is 6.02 Å². The van der Waals surface area contributed by atoms with E-state index in [0.717, 1.165) is 36.1 Å². The van der Waals surface area contributed by atoms with Gasteiger partial charge in [0.15, 0.2) is 0 Å². The van der Waals surface area contributed by atoms with Gasteiger partial charge in [0.05, 0.1) is 19.1 Å². The molecule has 2 fully saturated rings. The van der Waals surface area contributed by atoms with Crippen LogP contribution in [-0.2, 0) is 30.6 Å². The van der Waals surface area contributed by atoms with Gasteiger partial charge >= 0.3 is 0 Å². The fourth-order valence-corrected chi connectivity index (χ4v) is 8.21. The third-order valence-corrected chi connectivity index (χ3v) is 11.1. The number of hydrogen-bond donors (Lipinski definition) is 2. The number of benzene rings is 1. The lowest BCUT2D eigenvalue weighted by Gasteiger charge is -2.42. The number of thiophene rings is 1. The lowest BCUT2D eigenvalue weighted by molar-refractivity contribution is -0.147. The molecule has 1 unspecified atom stereocenters. The van der Waals surface area contributed by atoms with Crippen molar-refractivity contribution in [1.82, 2.24) is 19.8 Å². The van der Waals surface area contributed by atoms with Gasteiger partial charge in [-0.25, -0.2) is 9.71 Å². The number of hydrogen-bond acceptors (Lipinski definition) is 7. The zero-order valence-electron chi connectivity index (χ0n) is 27.4. The number of amidine groups is 1. The summed E-state index contributed by atoms with van der Waals surface area (Å²) in [5.41, 5.74) is 1.07. The molecule has 1 aromatic carbocycles. The van der Waals surface area contributed by atoms with Crippen LogP contribution in [0.15, 0.2) is 52.8 Å². The number of aliphatic imine (C=N–C) groups is 1. The number of rotatable bonds is 13. The molecular formula is C35H51N5O4S2. The Hall–Kier alpha value is -2.89. The van der Waals surface area contributed by atoms with Crippen LogP contribution in [0.2, 0.25) is 0 Å². The second-order valence-corrected chi connectivity index (χ2v) is 16.6. The normalized spacial score (nSPS) is 24.1. The summed E-state index contributed by atoms with van der Waals surface area (Å²) >= 11 is 1.60. The van der Waals surface area contributed by atoms with Crippen LogP contribution in [0.5, 0.6) is 0 Å². The number of carbonyl (C=O) groups is 2. The Bertz CT molecular complexity index is 1410. The number of amides is 2. The van der Waals surface area contributed by atoms with Crippen molar-refractivity contribution in [1.29, 1.82) is 0 Å². The zero-order valence-corrected chi connectivity index (χ0v) is 29.0. The smallest absolute Gasteiger partial charge is 0.288 e. The van der Waals surface area contributed by atoms with Crippen LogP contribution in [0, 0.1) is 11.8 Å². The van der Waals surface area contributed by atoms with E-state index in [1.54, 1.807) is 17.6 Å². The Kier molecular flexibility index (Phi) is 12.2. The number of unbranched alkanes of at least 4 members (excludes halogenated alkanes) is 1. The Morgan fingerprint density at radius 1 is 1.11 bits per heavy atom. The fourth-order valence-electron chi connectivity index (χ4n) is 6.99. The van der Waals surface area contributed by atoms with E-state index in [9.17, 15) is 13.8 Å². The molecule has 5 rings (SSSR count). The quantitative estimate of drug-likeness (QED) is 0.231. The molecule has 2 aromatic rings. The lowest BCUT2D eigenvalue weighted by atomic mass is 9.80. The van der Waals surface area contributed by atoms with E-state index in [1.165, 1.54) is 32.1 Å². The average Bonchev–Trinajstić information content (AvgIpc) is 3.72. The Balaban J connectivity index is 1.30. The van der Waals surface area contributed by atoms with Gasteiger partial charge in [-0.05, 0) is 55.0 Å². The molecule has 11 heteroatoms. The summed E-state index contributed by atoms with van der Waals surface area (Å²) in [4.78, 5) is 38.2. The van der Waals surface area contributed by atoms with E-state index in [1.807, 2.05) is 45.5 Å². The van der Waals surface area contributed by atoms with E-state index >= 15 is 0 Å². The van der Waals surface area contributed by atoms with Crippen molar-refractivity contribution in [3.63, 3.8) is 0 Å². The molecular weight excluding hydrogens is 619 g/mol. The Morgan fingerprint density at radius 3 is 2.61 bits per heavy atom. The number of carbonyl (C=O) groups excluding carboxylic acids is 2. The highest BCUT2D eigenvalue weighted by molar-refractivity contribution is 7.97. The molecule has 2 N–H and O–H groups in total. The first-order valence-electron chi connectivity index (χ1n) is 16.9. The van der Waals surface area contributed by atoms with Gasteiger partial charge in [-0.1, -0.05) is 74.9 Å². The van der Waals surface area contributed by atoms with Crippen LogP contribution in [0.25, 0.3) is 0 Å². The molecule has 1 aromatic heterocycles. The number of ether oxygens (including phenoxy) is 1. The van der Waals surface area contributed by atoms with Gasteiger partial charge < -0.3 is 19.9 Å². The Labute approximate surface area is 279 Å². The summed E-state index contributed by atoms with van der Waals surface area (Å²) in [5, 5.41) is 5.12. The summed E-state index contributed by atoms with van der Waals surface area (Å²) in [5.74, 6) is 4.01. The van der Waals surface area contributed by atoms with Crippen molar-refractivity contribution >= 4 is 44.8 Å². The minimum atomic E-state index is -2.25. The second-order valence-electron chi connectivity index (χ2n) is 13.2. The predicted molar refractivity (Wildman–Crippen MR) is 188 cm³/mol. The van der Waals surface area contributed by atoms with Crippen molar-refractivity contribution in [3.05, 3.63) is 58.3 Å². The molecule has 1 aliphatic carbocycles. The molecule has 2 amide bonds. The predicted octanol–water partition coefficient (Wildman–Crippen LogP) is 5.00. The van der Waals surface area contributed by atoms with Crippen LogP contribution in [0.3, 0.4) is 0 Å². The number of nitrogens with one attached hydrogen (secondary N) is 2. The summed E-state index contributed by atoms with van der Waals surface area (Å²) in [6.45, 7) is 4.43. The molecule has 3 heterocycles. The molecule has 5 atom stereocenters. The van der Waals surface area contributed by atoms with Crippen molar-refractivity contribution in [3.8, 4) is 0 Å². The highest BCUT2D eigenvalue weighted by atomic mass is 32.2. The third-order valence-electron chi connectivity index (χ3n) is 9.44. The van der Waals surface area contributed by atoms with Crippen LogP contribution in [-0.4, -0.2) is 82.2 Å². The van der Waals surface area contributed by atoms with Gasteiger partial charge in [0.1, 0.15) is 12.1 Å². The molecule has 0 bridgehead atoms. The number of nitrogens with zero attached hydrogens (tertiary/aromatic N) is 3. The van der Waals surface area contributed by atoms with Gasteiger partial charge in [-0.3, -0.25) is 13.8 Å². The van der Waals surface area contributed by atoms with Gasteiger partial charge in [-0.15, -0.1) is 11.3 Å². The largest absolute Gasteiger partial charge is 0.455 e. The van der Waals surface area contributed by atoms with Crippen LogP contribution >= 0.6 is 11.3 Å². The van der Waals surface area contributed by atoms with Gasteiger partial charge in [0.2, 0.25) is 11.8 Å². The Morgan fingerprint density at radius 2 is 1.89 bits per heavy atom. The molecule has 9 nitrogen and oxygen atoms in total. The lowest BCUT2D eigenvalue weighted by Crippen LogP contribution is -2.62. The van der Waals surface area contributed by atoms with Crippen LogP contribution in [0.1, 0.15) is 81.3 Å². The summed E-state index contributed by atoms with van der Waals surface area (Å²) < 4.78 is 21.4. The minimum Gasteiger partial charge on any atom is -0.455 e. The summed E-state index contributed by atoms with van der Waals surface area (Å²) in [6.07, 6.45) is 10.8. The maximum Gasteiger partial charge on any atom is 0.288 e. The molecule has 252 valence electrons. The molecule has 0 spiro atoms. The first kappa shape index (κ1) is 34.4. The van der Waals surface area contributed by atoms with E-state index in [2.05, 4.69) is 35.0 Å². The molecule has 1 saturated carbocycles. The highest BCUT2D eigenvalue weighted by Gasteiger charge is 2.41. The second kappa shape index (κ2) is 16.3. The van der Waals surface area contributed by atoms with E-state index in [-0.39, 0.29) is 29.9 Å². The molecule has 2 aliphatic heterocycles. The maximum atomic E-state index is 14.5. The van der Waals surface area contributed by atoms with Crippen molar-refractivity contribution in [2.45, 2.75) is 89.4 Å². The minimum absolute atomic E-state index is 0.0536. The van der Waals surface area contributed by atoms with Crippen molar-refractivity contribution in [2.75, 3.05) is 32.4 Å². The maximum absolute atomic E-state index is 14.5. The standard InChI is InChI=1S/C35H51N5O4S2/c1-26-32(28-15-8-5-9-16-28)44-35(38-26)39-20-21-40(31(25-39)33(41)36-24-30-18-12-22-45-30)34(42)29(23-27-13-6-4-7-14-27)17-10-11-19-37-46(2,3)43/h5,8-9,12,15-16,18,22,26-27,29,31-32H,2,4,6-7,10-11,13-14,17,19-21,23-25H2,1,3H3,(H,36,41)(H,37,43)/t26-,29+,31+,32-,46?/m1/s1. The van der Waals surface area contributed by atoms with Crippen molar-refractivity contribution < 1.29 is 18.5 Å². The fraction of sp³-hybridized carbons (Fsp3) is 0.600. The molecule has 46 heavy (non-hydrogen) atoms. The molecule has 0 radical (unpaired) electrons. The summed E-state index contributed by atoms with van der Waals surface area (Å²) in [7, 11) is -2.25. The summed E-state index contributed by atoms with van der Waals surface area (Å²) in [6, 6.07) is 13.9. The SMILES string of the molecule is C=S(C)(=O)NCCCC[C@@H](CC1CCCCC1)C(=O)N1CCN(C2=N[C@H](C)[C@H](c3ccccc3)O2)C[C@H]1C(=O)NCc1cccs1. The zero-order chi connectivity index (χ0) is 32.5. The van der Waals surface area contributed by atoms with Crippen LogP contribution in [0.4, 0.5) is 0 Å².